The molecule has 178 valence electrons. The van der Waals surface area contributed by atoms with Crippen LogP contribution in [0.4, 0.5) is 5.82 Å². The third-order valence-electron chi connectivity index (χ3n) is 6.22. The number of hydrogen-bond donors (Lipinski definition) is 1. The molecule has 1 saturated heterocycles. The number of ether oxygens (including phenoxy) is 2. The molecule has 33 heavy (non-hydrogen) atoms. The Kier molecular flexibility index (Phi) is 8.89. The van der Waals surface area contributed by atoms with Crippen LogP contribution in [0.1, 0.15) is 46.1 Å². The zero-order valence-corrected chi connectivity index (χ0v) is 20.2. The van der Waals surface area contributed by atoms with Crippen molar-refractivity contribution in [3.05, 3.63) is 47.7 Å². The Labute approximate surface area is 197 Å². The third kappa shape index (κ3) is 6.81. The van der Waals surface area contributed by atoms with Crippen molar-refractivity contribution in [3.63, 3.8) is 0 Å². The molecule has 1 fully saturated rings. The number of aromatic nitrogens is 1. The first-order chi connectivity index (χ1) is 15.9. The Bertz CT molecular complexity index is 945. The second-order valence-electron chi connectivity index (χ2n) is 8.97. The SMILES string of the molecule is CCCCOCCOc1ccc(-c2cnc(N3CC(C)C(C)C3)c(/C=C(\C)C(=O)O)c2)cc1. The van der Waals surface area contributed by atoms with Crippen molar-refractivity contribution in [2.75, 3.05) is 37.8 Å². The monoisotopic (exact) mass is 452 g/mol. The predicted molar refractivity (Wildman–Crippen MR) is 133 cm³/mol. The molecule has 0 saturated carbocycles. The standard InChI is InChI=1S/C27H36N2O4/c1-5-6-11-32-12-13-33-25-9-7-22(8-10-25)24-15-23(14-19(2)27(30)31)26(28-16-24)29-17-20(3)21(4)18-29/h7-10,14-16,20-21H,5-6,11-13,17-18H2,1-4H3,(H,30,31)/b19-14+. The van der Waals surface area contributed by atoms with E-state index in [-0.39, 0.29) is 0 Å². The van der Waals surface area contributed by atoms with Gasteiger partial charge in [0.1, 0.15) is 18.2 Å². The van der Waals surface area contributed by atoms with E-state index in [1.54, 1.807) is 13.0 Å². The fourth-order valence-corrected chi connectivity index (χ4v) is 3.91. The number of pyridine rings is 1. The van der Waals surface area contributed by atoms with Gasteiger partial charge in [-0.25, -0.2) is 9.78 Å². The van der Waals surface area contributed by atoms with Crippen LogP contribution in [0.15, 0.2) is 42.1 Å². The van der Waals surface area contributed by atoms with Crippen LogP contribution in [0.5, 0.6) is 5.75 Å². The van der Waals surface area contributed by atoms with Crippen molar-refractivity contribution in [2.45, 2.75) is 40.5 Å². The van der Waals surface area contributed by atoms with Crippen LogP contribution in [-0.4, -0.2) is 49.0 Å². The van der Waals surface area contributed by atoms with Crippen molar-refractivity contribution in [2.24, 2.45) is 11.8 Å². The van der Waals surface area contributed by atoms with Crippen LogP contribution >= 0.6 is 0 Å². The lowest BCUT2D eigenvalue weighted by Gasteiger charge is -2.20. The molecule has 2 heterocycles. The molecule has 2 unspecified atom stereocenters. The Balaban J connectivity index is 1.76. The highest BCUT2D eigenvalue weighted by Gasteiger charge is 2.28. The van der Waals surface area contributed by atoms with Crippen LogP contribution in [0.2, 0.25) is 0 Å². The predicted octanol–water partition coefficient (Wildman–Crippen LogP) is 5.52. The Morgan fingerprint density at radius 2 is 1.82 bits per heavy atom. The summed E-state index contributed by atoms with van der Waals surface area (Å²) < 4.78 is 11.3. The molecule has 1 aromatic heterocycles. The molecule has 1 aliphatic heterocycles. The van der Waals surface area contributed by atoms with E-state index >= 15 is 0 Å². The van der Waals surface area contributed by atoms with Gasteiger partial charge < -0.3 is 19.5 Å². The van der Waals surface area contributed by atoms with Crippen LogP contribution in [0.25, 0.3) is 17.2 Å². The van der Waals surface area contributed by atoms with E-state index in [0.29, 0.717) is 30.6 Å². The average Bonchev–Trinajstić information content (AvgIpc) is 3.14. The molecular formula is C27H36N2O4. The zero-order chi connectivity index (χ0) is 23.8. The number of rotatable bonds is 11. The highest BCUT2D eigenvalue weighted by molar-refractivity contribution is 5.92. The van der Waals surface area contributed by atoms with Gasteiger partial charge >= 0.3 is 5.97 Å². The maximum absolute atomic E-state index is 11.5. The molecule has 0 spiro atoms. The summed E-state index contributed by atoms with van der Waals surface area (Å²) >= 11 is 0. The number of unbranched alkanes of at least 4 members (excludes halogenated alkanes) is 1. The Hall–Kier alpha value is -2.86. The molecule has 6 nitrogen and oxygen atoms in total. The number of carbonyl (C=O) groups is 1. The van der Waals surface area contributed by atoms with E-state index in [0.717, 1.165) is 60.8 Å². The minimum atomic E-state index is -0.922. The van der Waals surface area contributed by atoms with E-state index in [1.807, 2.05) is 36.5 Å². The lowest BCUT2D eigenvalue weighted by molar-refractivity contribution is -0.132. The number of nitrogens with zero attached hydrogens (tertiary/aromatic N) is 2. The lowest BCUT2D eigenvalue weighted by Crippen LogP contribution is -2.22. The van der Waals surface area contributed by atoms with Gasteiger partial charge in [0.2, 0.25) is 0 Å². The van der Waals surface area contributed by atoms with Gasteiger partial charge in [0.25, 0.3) is 0 Å². The molecule has 1 aliphatic rings. The maximum Gasteiger partial charge on any atom is 0.331 e. The van der Waals surface area contributed by atoms with E-state index in [9.17, 15) is 9.90 Å². The van der Waals surface area contributed by atoms with Gasteiger partial charge in [-0.2, -0.15) is 0 Å². The van der Waals surface area contributed by atoms with Crippen molar-refractivity contribution >= 4 is 17.9 Å². The van der Waals surface area contributed by atoms with Gasteiger partial charge in [-0.1, -0.05) is 39.3 Å². The topological polar surface area (TPSA) is 71.9 Å². The van der Waals surface area contributed by atoms with Gasteiger partial charge in [0.05, 0.1) is 6.61 Å². The molecule has 0 aliphatic carbocycles. The number of aliphatic carboxylic acids is 1. The number of benzene rings is 1. The van der Waals surface area contributed by atoms with Gasteiger partial charge in [-0.3, -0.25) is 0 Å². The number of hydrogen-bond acceptors (Lipinski definition) is 5. The highest BCUT2D eigenvalue weighted by atomic mass is 16.5. The lowest BCUT2D eigenvalue weighted by atomic mass is 10.0. The number of carboxylic acids is 1. The second kappa shape index (κ2) is 11.8. The van der Waals surface area contributed by atoms with Gasteiger partial charge in [-0.15, -0.1) is 0 Å². The quantitative estimate of drug-likeness (QED) is 0.357. The van der Waals surface area contributed by atoms with Crippen LogP contribution in [0, 0.1) is 11.8 Å². The molecule has 0 bridgehead atoms. The minimum Gasteiger partial charge on any atom is -0.491 e. The Morgan fingerprint density at radius 1 is 1.12 bits per heavy atom. The molecule has 1 N–H and O–H groups in total. The molecule has 0 radical (unpaired) electrons. The summed E-state index contributed by atoms with van der Waals surface area (Å²) in [5.74, 6) is 1.87. The smallest absolute Gasteiger partial charge is 0.331 e. The van der Waals surface area contributed by atoms with E-state index in [2.05, 4.69) is 25.7 Å². The fraction of sp³-hybridized carbons (Fsp3) is 0.481. The zero-order valence-electron chi connectivity index (χ0n) is 20.2. The van der Waals surface area contributed by atoms with Crippen molar-refractivity contribution < 1.29 is 19.4 Å². The van der Waals surface area contributed by atoms with Crippen LogP contribution < -0.4 is 9.64 Å². The average molecular weight is 453 g/mol. The van der Waals surface area contributed by atoms with Crippen molar-refractivity contribution in [1.29, 1.82) is 0 Å². The summed E-state index contributed by atoms with van der Waals surface area (Å²) in [7, 11) is 0. The number of anilines is 1. The summed E-state index contributed by atoms with van der Waals surface area (Å²) in [4.78, 5) is 18.5. The first-order valence-electron chi connectivity index (χ1n) is 11.9. The molecule has 0 amide bonds. The molecule has 3 rings (SSSR count). The summed E-state index contributed by atoms with van der Waals surface area (Å²) in [6.07, 6.45) is 5.79. The van der Waals surface area contributed by atoms with E-state index in [1.165, 1.54) is 0 Å². The Morgan fingerprint density at radius 3 is 2.45 bits per heavy atom. The van der Waals surface area contributed by atoms with Crippen molar-refractivity contribution in [3.8, 4) is 16.9 Å². The van der Waals surface area contributed by atoms with Crippen molar-refractivity contribution in [1.82, 2.24) is 4.98 Å². The summed E-state index contributed by atoms with van der Waals surface area (Å²) in [5, 5.41) is 9.41. The first kappa shape index (κ1) is 24.8. The van der Waals surface area contributed by atoms with Crippen LogP contribution in [-0.2, 0) is 9.53 Å². The van der Waals surface area contributed by atoms with Gasteiger partial charge in [-0.05, 0) is 55.0 Å². The normalized spacial score (nSPS) is 18.5. The first-order valence-corrected chi connectivity index (χ1v) is 11.9. The van der Waals surface area contributed by atoms with Gasteiger partial charge in [0, 0.05) is 42.6 Å². The van der Waals surface area contributed by atoms with E-state index in [4.69, 9.17) is 14.5 Å². The van der Waals surface area contributed by atoms with E-state index < -0.39 is 5.97 Å². The van der Waals surface area contributed by atoms with Crippen LogP contribution in [0.3, 0.4) is 0 Å². The maximum atomic E-state index is 11.5. The highest BCUT2D eigenvalue weighted by Crippen LogP contribution is 2.32. The fourth-order valence-electron chi connectivity index (χ4n) is 3.91. The molecule has 6 heteroatoms. The largest absolute Gasteiger partial charge is 0.491 e. The van der Waals surface area contributed by atoms with Gasteiger partial charge in [0.15, 0.2) is 0 Å². The third-order valence-corrected chi connectivity index (χ3v) is 6.22. The number of carboxylic acid groups (broad SMARTS) is 1. The summed E-state index contributed by atoms with van der Waals surface area (Å²) in [6.45, 7) is 12.0. The molecule has 2 aromatic rings. The summed E-state index contributed by atoms with van der Waals surface area (Å²) in [5.41, 5.74) is 3.07. The molecule has 2 atom stereocenters. The molecular weight excluding hydrogens is 416 g/mol. The minimum absolute atomic E-state index is 0.292. The summed E-state index contributed by atoms with van der Waals surface area (Å²) in [6, 6.07) is 9.91. The second-order valence-corrected chi connectivity index (χ2v) is 8.97. The molecule has 1 aromatic carbocycles.